The minimum atomic E-state index is 0. The van der Waals surface area contributed by atoms with Crippen molar-refractivity contribution in [3.05, 3.63) is 30.3 Å². The number of rotatable bonds is 3. The Hall–Kier alpha value is -1.10. The molecule has 2 rings (SSSR count). The Morgan fingerprint density at radius 1 is 1.24 bits per heavy atom. The number of benzene rings is 1. The summed E-state index contributed by atoms with van der Waals surface area (Å²) in [5.74, 6) is 0.0353. The van der Waals surface area contributed by atoms with Gasteiger partial charge in [0.1, 0.15) is 0 Å². The van der Waals surface area contributed by atoms with Gasteiger partial charge in [0.25, 0.3) is 0 Å². The number of hydrogen-bond donors (Lipinski definition) is 1. The van der Waals surface area contributed by atoms with Crippen LogP contribution in [-0.2, 0) is 9.53 Å². The Kier molecular flexibility index (Phi) is 5.97. The Balaban J connectivity index is 0.00000144. The molecule has 1 fully saturated rings. The van der Waals surface area contributed by atoms with Crippen LogP contribution in [0.2, 0.25) is 0 Å². The van der Waals surface area contributed by atoms with Gasteiger partial charge in [-0.3, -0.25) is 9.69 Å². The average Bonchev–Trinajstić information content (AvgIpc) is 2.31. The molecule has 1 aliphatic heterocycles. The highest BCUT2D eigenvalue weighted by Gasteiger charge is 2.13. The van der Waals surface area contributed by atoms with Crippen LogP contribution in [0.3, 0.4) is 0 Å². The van der Waals surface area contributed by atoms with Crippen LogP contribution in [0, 0.1) is 0 Å². The lowest BCUT2D eigenvalue weighted by molar-refractivity contribution is -0.118. The van der Waals surface area contributed by atoms with Crippen LogP contribution in [0.25, 0.3) is 0 Å². The van der Waals surface area contributed by atoms with E-state index in [9.17, 15) is 4.79 Å². The fourth-order valence-corrected chi connectivity index (χ4v) is 1.68. The van der Waals surface area contributed by atoms with Crippen molar-refractivity contribution < 1.29 is 9.53 Å². The van der Waals surface area contributed by atoms with Gasteiger partial charge in [-0.05, 0) is 12.1 Å². The molecule has 1 aliphatic rings. The summed E-state index contributed by atoms with van der Waals surface area (Å²) in [6.45, 7) is 3.56. The lowest BCUT2D eigenvalue weighted by atomic mass is 10.3. The van der Waals surface area contributed by atoms with E-state index >= 15 is 0 Å². The molecule has 1 N–H and O–H groups in total. The van der Waals surface area contributed by atoms with Crippen molar-refractivity contribution in [1.29, 1.82) is 0 Å². The topological polar surface area (TPSA) is 41.6 Å². The fourth-order valence-electron chi connectivity index (χ4n) is 1.68. The van der Waals surface area contributed by atoms with E-state index in [1.807, 2.05) is 30.3 Å². The van der Waals surface area contributed by atoms with Crippen molar-refractivity contribution in [1.82, 2.24) is 4.90 Å². The van der Waals surface area contributed by atoms with Crippen LogP contribution in [0.4, 0.5) is 5.69 Å². The minimum Gasteiger partial charge on any atom is -0.379 e. The molecule has 4 nitrogen and oxygen atoms in total. The monoisotopic (exact) mass is 256 g/mol. The standard InChI is InChI=1S/C12H16N2O2.ClH/c15-12(10-14-6-8-16-9-7-14)13-11-4-2-1-3-5-11;/h1-5H,6-10H2,(H,13,15);1H. The Labute approximate surface area is 107 Å². The third kappa shape index (κ3) is 4.73. The Morgan fingerprint density at radius 3 is 2.53 bits per heavy atom. The van der Waals surface area contributed by atoms with E-state index in [0.29, 0.717) is 6.54 Å². The highest BCUT2D eigenvalue weighted by molar-refractivity contribution is 5.92. The van der Waals surface area contributed by atoms with Crippen LogP contribution in [0.5, 0.6) is 0 Å². The highest BCUT2D eigenvalue weighted by atomic mass is 35.5. The summed E-state index contributed by atoms with van der Waals surface area (Å²) in [5.41, 5.74) is 0.848. The van der Waals surface area contributed by atoms with Crippen LogP contribution in [-0.4, -0.2) is 43.7 Å². The molecular formula is C12H17ClN2O2. The number of nitrogens with zero attached hydrogens (tertiary/aromatic N) is 1. The SMILES string of the molecule is Cl.O=C(CN1CCOCC1)Nc1ccccc1. The van der Waals surface area contributed by atoms with E-state index in [4.69, 9.17) is 4.74 Å². The second-order valence-electron chi connectivity index (χ2n) is 3.80. The molecular weight excluding hydrogens is 240 g/mol. The first-order chi connectivity index (χ1) is 7.84. The molecule has 0 bridgehead atoms. The van der Waals surface area contributed by atoms with E-state index in [1.54, 1.807) is 0 Å². The second-order valence-corrected chi connectivity index (χ2v) is 3.80. The molecule has 94 valence electrons. The van der Waals surface area contributed by atoms with Gasteiger partial charge in [-0.1, -0.05) is 18.2 Å². The molecule has 0 saturated carbocycles. The van der Waals surface area contributed by atoms with Crippen molar-refractivity contribution >= 4 is 24.0 Å². The average molecular weight is 257 g/mol. The quantitative estimate of drug-likeness (QED) is 0.889. The van der Waals surface area contributed by atoms with Gasteiger partial charge < -0.3 is 10.1 Å². The molecule has 0 atom stereocenters. The maximum atomic E-state index is 11.7. The predicted molar refractivity (Wildman–Crippen MR) is 69.6 cm³/mol. The zero-order valence-corrected chi connectivity index (χ0v) is 10.4. The largest absolute Gasteiger partial charge is 0.379 e. The summed E-state index contributed by atoms with van der Waals surface area (Å²) in [5, 5.41) is 2.87. The van der Waals surface area contributed by atoms with Gasteiger partial charge in [0.2, 0.25) is 5.91 Å². The van der Waals surface area contributed by atoms with E-state index in [0.717, 1.165) is 32.0 Å². The number of anilines is 1. The van der Waals surface area contributed by atoms with Crippen LogP contribution < -0.4 is 5.32 Å². The number of ether oxygens (including phenoxy) is 1. The molecule has 1 aromatic rings. The maximum absolute atomic E-state index is 11.7. The predicted octanol–water partition coefficient (Wildman–Crippen LogP) is 1.38. The van der Waals surface area contributed by atoms with Gasteiger partial charge in [-0.25, -0.2) is 0 Å². The summed E-state index contributed by atoms with van der Waals surface area (Å²) in [6, 6.07) is 9.51. The second kappa shape index (κ2) is 7.27. The maximum Gasteiger partial charge on any atom is 0.238 e. The van der Waals surface area contributed by atoms with Crippen molar-refractivity contribution in [3.63, 3.8) is 0 Å². The third-order valence-electron chi connectivity index (χ3n) is 2.53. The van der Waals surface area contributed by atoms with Gasteiger partial charge in [0.05, 0.1) is 19.8 Å². The van der Waals surface area contributed by atoms with E-state index in [-0.39, 0.29) is 18.3 Å². The van der Waals surface area contributed by atoms with Crippen molar-refractivity contribution in [3.8, 4) is 0 Å². The van der Waals surface area contributed by atoms with E-state index in [1.165, 1.54) is 0 Å². The van der Waals surface area contributed by atoms with Crippen LogP contribution >= 0.6 is 12.4 Å². The lowest BCUT2D eigenvalue weighted by Gasteiger charge is -2.25. The Morgan fingerprint density at radius 2 is 1.88 bits per heavy atom. The number of carbonyl (C=O) groups is 1. The highest BCUT2D eigenvalue weighted by Crippen LogP contribution is 2.05. The molecule has 0 radical (unpaired) electrons. The van der Waals surface area contributed by atoms with Crippen LogP contribution in [0.1, 0.15) is 0 Å². The Bertz CT molecular complexity index is 340. The number of amides is 1. The number of morpholine rings is 1. The van der Waals surface area contributed by atoms with Crippen molar-refractivity contribution in [2.45, 2.75) is 0 Å². The molecule has 0 unspecified atom stereocenters. The lowest BCUT2D eigenvalue weighted by Crippen LogP contribution is -2.41. The molecule has 1 heterocycles. The number of nitrogens with one attached hydrogen (secondary N) is 1. The normalized spacial score (nSPS) is 16.0. The summed E-state index contributed by atoms with van der Waals surface area (Å²) in [4.78, 5) is 13.8. The zero-order chi connectivity index (χ0) is 11.2. The van der Waals surface area contributed by atoms with E-state index < -0.39 is 0 Å². The fraction of sp³-hybridized carbons (Fsp3) is 0.417. The first kappa shape index (κ1) is 14.0. The van der Waals surface area contributed by atoms with E-state index in [2.05, 4.69) is 10.2 Å². The minimum absolute atomic E-state index is 0. The molecule has 5 heteroatoms. The molecule has 1 amide bonds. The number of hydrogen-bond acceptors (Lipinski definition) is 3. The van der Waals surface area contributed by atoms with Crippen molar-refractivity contribution in [2.24, 2.45) is 0 Å². The molecule has 0 spiro atoms. The summed E-state index contributed by atoms with van der Waals surface area (Å²) in [6.07, 6.45) is 0. The van der Waals surface area contributed by atoms with Gasteiger partial charge in [-0.15, -0.1) is 12.4 Å². The smallest absolute Gasteiger partial charge is 0.238 e. The number of halogens is 1. The first-order valence-corrected chi connectivity index (χ1v) is 5.49. The van der Waals surface area contributed by atoms with Gasteiger partial charge in [0, 0.05) is 18.8 Å². The number of para-hydroxylation sites is 1. The van der Waals surface area contributed by atoms with Gasteiger partial charge in [-0.2, -0.15) is 0 Å². The zero-order valence-electron chi connectivity index (χ0n) is 9.59. The molecule has 0 aliphatic carbocycles. The van der Waals surface area contributed by atoms with Gasteiger partial charge >= 0.3 is 0 Å². The molecule has 1 saturated heterocycles. The first-order valence-electron chi connectivity index (χ1n) is 5.49. The number of carbonyl (C=O) groups excluding carboxylic acids is 1. The summed E-state index contributed by atoms with van der Waals surface area (Å²) < 4.78 is 5.23. The summed E-state index contributed by atoms with van der Waals surface area (Å²) >= 11 is 0. The van der Waals surface area contributed by atoms with Crippen LogP contribution in [0.15, 0.2) is 30.3 Å². The van der Waals surface area contributed by atoms with Gasteiger partial charge in [0.15, 0.2) is 0 Å². The third-order valence-corrected chi connectivity index (χ3v) is 2.53. The summed E-state index contributed by atoms with van der Waals surface area (Å²) in [7, 11) is 0. The molecule has 17 heavy (non-hydrogen) atoms. The van der Waals surface area contributed by atoms with Crippen molar-refractivity contribution in [2.75, 3.05) is 38.2 Å². The molecule has 0 aromatic heterocycles. The molecule has 1 aromatic carbocycles.